The van der Waals surface area contributed by atoms with Crippen LogP contribution in [0.3, 0.4) is 0 Å². The molecule has 1 unspecified atom stereocenters. The Balaban J connectivity index is 2.29. The fraction of sp³-hybridized carbons (Fsp3) is 0.846. The van der Waals surface area contributed by atoms with Gasteiger partial charge in [0.2, 0.25) is 0 Å². The maximum absolute atomic E-state index is 11.7. The monoisotopic (exact) mass is 287 g/mol. The molecule has 1 rings (SSSR count). The van der Waals surface area contributed by atoms with Crippen molar-refractivity contribution in [1.82, 2.24) is 15.5 Å². The fourth-order valence-corrected chi connectivity index (χ4v) is 1.98. The first kappa shape index (κ1) is 16.7. The number of carboxylic acids is 1. The van der Waals surface area contributed by atoms with Crippen molar-refractivity contribution in [2.24, 2.45) is 5.41 Å². The van der Waals surface area contributed by atoms with Gasteiger partial charge in [-0.1, -0.05) is 20.8 Å². The van der Waals surface area contributed by atoms with Crippen molar-refractivity contribution in [3.8, 4) is 0 Å². The lowest BCUT2D eigenvalue weighted by Crippen LogP contribution is -2.53. The quantitative estimate of drug-likeness (QED) is 0.668. The Morgan fingerprint density at radius 2 is 1.90 bits per heavy atom. The molecule has 1 heterocycles. The van der Waals surface area contributed by atoms with Gasteiger partial charge in [0, 0.05) is 26.2 Å². The summed E-state index contributed by atoms with van der Waals surface area (Å²) in [6.45, 7) is 9.73. The van der Waals surface area contributed by atoms with Gasteiger partial charge in [-0.25, -0.2) is 9.59 Å². The van der Waals surface area contributed by atoms with E-state index in [1.807, 2.05) is 0 Å². The lowest BCUT2D eigenvalue weighted by atomic mass is 9.87. The number of carbonyl (C=O) groups excluding carboxylic acids is 1. The van der Waals surface area contributed by atoms with Gasteiger partial charge in [-0.2, -0.15) is 0 Å². The van der Waals surface area contributed by atoms with Crippen LogP contribution in [0, 0.1) is 5.41 Å². The van der Waals surface area contributed by atoms with E-state index < -0.39 is 23.5 Å². The van der Waals surface area contributed by atoms with E-state index in [4.69, 9.17) is 9.84 Å². The zero-order valence-electron chi connectivity index (χ0n) is 12.4. The van der Waals surface area contributed by atoms with Crippen LogP contribution in [0.5, 0.6) is 0 Å². The molecule has 0 aromatic carbocycles. The number of amides is 2. The van der Waals surface area contributed by atoms with Crippen LogP contribution in [-0.2, 0) is 9.53 Å². The summed E-state index contributed by atoms with van der Waals surface area (Å²) in [5.41, 5.74) is -0.534. The Labute approximate surface area is 119 Å². The van der Waals surface area contributed by atoms with E-state index in [2.05, 4.69) is 15.5 Å². The number of carboxylic acid groups (broad SMARTS) is 1. The highest BCUT2D eigenvalue weighted by Gasteiger charge is 2.32. The molecule has 0 bridgehead atoms. The number of aliphatic carboxylic acids is 1. The molecule has 0 aromatic heterocycles. The predicted molar refractivity (Wildman–Crippen MR) is 74.7 cm³/mol. The first-order valence-electron chi connectivity index (χ1n) is 6.88. The third-order valence-electron chi connectivity index (χ3n) is 3.21. The Hall–Kier alpha value is -1.34. The molecule has 1 atom stereocenters. The number of hydrogen-bond acceptors (Lipinski definition) is 4. The number of urea groups is 1. The first-order chi connectivity index (χ1) is 9.30. The van der Waals surface area contributed by atoms with Crippen molar-refractivity contribution in [2.75, 3.05) is 39.4 Å². The third-order valence-corrected chi connectivity index (χ3v) is 3.21. The van der Waals surface area contributed by atoms with E-state index >= 15 is 0 Å². The second-order valence-electron chi connectivity index (χ2n) is 5.99. The minimum Gasteiger partial charge on any atom is -0.480 e. The Morgan fingerprint density at radius 3 is 2.40 bits per heavy atom. The fourth-order valence-electron chi connectivity index (χ4n) is 1.98. The molecular formula is C13H25N3O4. The summed E-state index contributed by atoms with van der Waals surface area (Å²) < 4.78 is 5.24. The second kappa shape index (κ2) is 7.44. The summed E-state index contributed by atoms with van der Waals surface area (Å²) in [6, 6.07) is -1.36. The molecule has 1 saturated heterocycles. The van der Waals surface area contributed by atoms with Gasteiger partial charge in [0.25, 0.3) is 0 Å². The number of rotatable bonds is 5. The van der Waals surface area contributed by atoms with E-state index in [1.165, 1.54) is 0 Å². The molecule has 20 heavy (non-hydrogen) atoms. The summed E-state index contributed by atoms with van der Waals surface area (Å²) >= 11 is 0. The standard InChI is InChI=1S/C13H25N3O4/c1-13(2,3)10(11(17)18)15-12(19)14-4-5-16-6-8-20-9-7-16/h10H,4-9H2,1-3H3,(H,17,18)(H2,14,15,19). The summed E-state index contributed by atoms with van der Waals surface area (Å²) in [6.07, 6.45) is 0. The molecule has 0 aromatic rings. The molecule has 1 fully saturated rings. The van der Waals surface area contributed by atoms with Crippen LogP contribution in [0.2, 0.25) is 0 Å². The summed E-state index contributed by atoms with van der Waals surface area (Å²) in [5, 5.41) is 14.3. The normalized spacial score (nSPS) is 18.4. The Kier molecular flexibility index (Phi) is 6.22. The van der Waals surface area contributed by atoms with Gasteiger partial charge >= 0.3 is 12.0 Å². The molecule has 7 heteroatoms. The number of hydrogen-bond donors (Lipinski definition) is 3. The van der Waals surface area contributed by atoms with Crippen LogP contribution in [-0.4, -0.2) is 67.4 Å². The molecule has 0 radical (unpaired) electrons. The zero-order chi connectivity index (χ0) is 15.2. The number of ether oxygens (including phenoxy) is 1. The zero-order valence-corrected chi connectivity index (χ0v) is 12.4. The highest BCUT2D eigenvalue weighted by molar-refractivity contribution is 5.83. The average Bonchev–Trinajstić information content (AvgIpc) is 2.35. The largest absolute Gasteiger partial charge is 0.480 e. The van der Waals surface area contributed by atoms with E-state index in [9.17, 15) is 9.59 Å². The number of nitrogens with zero attached hydrogens (tertiary/aromatic N) is 1. The van der Waals surface area contributed by atoms with Crippen LogP contribution in [0.15, 0.2) is 0 Å². The van der Waals surface area contributed by atoms with Gasteiger partial charge in [0.05, 0.1) is 13.2 Å². The molecular weight excluding hydrogens is 262 g/mol. The molecule has 3 N–H and O–H groups in total. The summed E-state index contributed by atoms with van der Waals surface area (Å²) in [4.78, 5) is 25.1. The minimum atomic E-state index is -1.03. The van der Waals surface area contributed by atoms with Crippen molar-refractivity contribution in [2.45, 2.75) is 26.8 Å². The van der Waals surface area contributed by atoms with Crippen LogP contribution in [0.1, 0.15) is 20.8 Å². The van der Waals surface area contributed by atoms with Gasteiger partial charge < -0.3 is 20.5 Å². The van der Waals surface area contributed by atoms with Crippen LogP contribution < -0.4 is 10.6 Å². The van der Waals surface area contributed by atoms with E-state index in [-0.39, 0.29) is 0 Å². The first-order valence-corrected chi connectivity index (χ1v) is 6.88. The average molecular weight is 287 g/mol. The molecule has 7 nitrogen and oxygen atoms in total. The van der Waals surface area contributed by atoms with Gasteiger partial charge in [-0.3, -0.25) is 4.90 Å². The minimum absolute atomic E-state index is 0.444. The van der Waals surface area contributed by atoms with Crippen LogP contribution in [0.25, 0.3) is 0 Å². The molecule has 0 spiro atoms. The lowest BCUT2D eigenvalue weighted by molar-refractivity contribution is -0.141. The van der Waals surface area contributed by atoms with Crippen LogP contribution >= 0.6 is 0 Å². The van der Waals surface area contributed by atoms with E-state index in [0.717, 1.165) is 32.8 Å². The number of morpholine rings is 1. The maximum atomic E-state index is 11.7. The van der Waals surface area contributed by atoms with Crippen molar-refractivity contribution >= 4 is 12.0 Å². The van der Waals surface area contributed by atoms with Crippen molar-refractivity contribution in [1.29, 1.82) is 0 Å². The van der Waals surface area contributed by atoms with Gasteiger partial charge in [0.1, 0.15) is 6.04 Å². The number of nitrogens with one attached hydrogen (secondary N) is 2. The van der Waals surface area contributed by atoms with Crippen molar-refractivity contribution in [3.63, 3.8) is 0 Å². The second-order valence-corrected chi connectivity index (χ2v) is 5.99. The smallest absolute Gasteiger partial charge is 0.326 e. The highest BCUT2D eigenvalue weighted by Crippen LogP contribution is 2.19. The number of carbonyl (C=O) groups is 2. The molecule has 2 amide bonds. The van der Waals surface area contributed by atoms with Crippen molar-refractivity contribution < 1.29 is 19.4 Å². The highest BCUT2D eigenvalue weighted by atomic mass is 16.5. The lowest BCUT2D eigenvalue weighted by Gasteiger charge is -2.28. The molecule has 1 aliphatic heterocycles. The third kappa shape index (κ3) is 5.75. The Bertz CT molecular complexity index is 335. The van der Waals surface area contributed by atoms with E-state index in [1.54, 1.807) is 20.8 Å². The topological polar surface area (TPSA) is 90.9 Å². The molecule has 0 aliphatic carbocycles. The van der Waals surface area contributed by atoms with Gasteiger partial charge in [-0.15, -0.1) is 0 Å². The molecule has 1 aliphatic rings. The van der Waals surface area contributed by atoms with Crippen molar-refractivity contribution in [3.05, 3.63) is 0 Å². The summed E-state index contributed by atoms with van der Waals surface area (Å²) in [5.74, 6) is -1.03. The SMILES string of the molecule is CC(C)(C)C(NC(=O)NCCN1CCOCC1)C(=O)O. The molecule has 0 saturated carbocycles. The van der Waals surface area contributed by atoms with Gasteiger partial charge in [-0.05, 0) is 5.41 Å². The molecule has 116 valence electrons. The van der Waals surface area contributed by atoms with Crippen LogP contribution in [0.4, 0.5) is 4.79 Å². The van der Waals surface area contributed by atoms with Gasteiger partial charge in [0.15, 0.2) is 0 Å². The Morgan fingerprint density at radius 1 is 1.30 bits per heavy atom. The predicted octanol–water partition coefficient (Wildman–Crippen LogP) is 0.117. The maximum Gasteiger partial charge on any atom is 0.326 e. The van der Waals surface area contributed by atoms with E-state index in [0.29, 0.717) is 6.54 Å². The summed E-state index contributed by atoms with van der Waals surface area (Å²) in [7, 11) is 0.